The van der Waals surface area contributed by atoms with Gasteiger partial charge in [0.15, 0.2) is 0 Å². The molecule has 6 nitrogen and oxygen atoms in total. The van der Waals surface area contributed by atoms with Crippen LogP contribution in [0.15, 0.2) is 53.4 Å². The number of benzene rings is 2. The van der Waals surface area contributed by atoms with Crippen LogP contribution in [0.3, 0.4) is 0 Å². The van der Waals surface area contributed by atoms with E-state index in [-0.39, 0.29) is 17.5 Å². The SMILES string of the molecule is COc1ccccc1C(CNS(=O)(=O)c1cccc(C#N)c1)N1CCCC1. The number of methoxy groups -OCH3 is 1. The minimum absolute atomic E-state index is 0.0988. The van der Waals surface area contributed by atoms with Gasteiger partial charge in [-0.3, -0.25) is 4.90 Å². The Kier molecular flexibility index (Phi) is 6.11. The van der Waals surface area contributed by atoms with Gasteiger partial charge in [0.05, 0.1) is 29.7 Å². The molecule has 1 N–H and O–H groups in total. The second kappa shape index (κ2) is 8.53. The molecule has 0 amide bonds. The highest BCUT2D eigenvalue weighted by Gasteiger charge is 2.27. The van der Waals surface area contributed by atoms with Crippen LogP contribution in [0.1, 0.15) is 30.0 Å². The van der Waals surface area contributed by atoms with Gasteiger partial charge in [0, 0.05) is 12.1 Å². The number of nitriles is 1. The lowest BCUT2D eigenvalue weighted by Gasteiger charge is -2.29. The number of likely N-dealkylation sites (tertiary alicyclic amines) is 1. The first kappa shape index (κ1) is 19.4. The Bertz CT molecular complexity index is 931. The fourth-order valence-corrected chi connectivity index (χ4v) is 4.52. The average molecular weight is 385 g/mol. The van der Waals surface area contributed by atoms with Crippen LogP contribution < -0.4 is 9.46 Å². The molecule has 27 heavy (non-hydrogen) atoms. The highest BCUT2D eigenvalue weighted by molar-refractivity contribution is 7.89. The molecular weight excluding hydrogens is 362 g/mol. The van der Waals surface area contributed by atoms with Crippen LogP contribution >= 0.6 is 0 Å². The van der Waals surface area contributed by atoms with E-state index >= 15 is 0 Å². The highest BCUT2D eigenvalue weighted by Crippen LogP contribution is 2.31. The van der Waals surface area contributed by atoms with E-state index in [1.165, 1.54) is 12.1 Å². The number of rotatable bonds is 7. The van der Waals surface area contributed by atoms with Gasteiger partial charge in [0.1, 0.15) is 5.75 Å². The van der Waals surface area contributed by atoms with E-state index in [2.05, 4.69) is 9.62 Å². The van der Waals surface area contributed by atoms with E-state index in [9.17, 15) is 8.42 Å². The molecule has 7 heteroatoms. The number of hydrogen-bond acceptors (Lipinski definition) is 5. The smallest absolute Gasteiger partial charge is 0.240 e. The van der Waals surface area contributed by atoms with Gasteiger partial charge >= 0.3 is 0 Å². The average Bonchev–Trinajstić information content (AvgIpc) is 3.23. The molecule has 1 atom stereocenters. The topological polar surface area (TPSA) is 82.4 Å². The van der Waals surface area contributed by atoms with Crippen molar-refractivity contribution < 1.29 is 13.2 Å². The van der Waals surface area contributed by atoms with E-state index in [1.54, 1.807) is 19.2 Å². The quantitative estimate of drug-likeness (QED) is 0.792. The van der Waals surface area contributed by atoms with Crippen LogP contribution in [-0.2, 0) is 10.0 Å². The summed E-state index contributed by atoms with van der Waals surface area (Å²) in [6.07, 6.45) is 2.20. The molecule has 1 heterocycles. The summed E-state index contributed by atoms with van der Waals surface area (Å²) in [5, 5.41) is 9.01. The number of nitrogens with one attached hydrogen (secondary N) is 1. The summed E-state index contributed by atoms with van der Waals surface area (Å²) >= 11 is 0. The second-order valence-corrected chi connectivity index (χ2v) is 8.26. The molecule has 0 aromatic heterocycles. The lowest BCUT2D eigenvalue weighted by molar-refractivity contribution is 0.240. The summed E-state index contributed by atoms with van der Waals surface area (Å²) in [6, 6.07) is 15.6. The summed E-state index contributed by atoms with van der Waals surface area (Å²) in [4.78, 5) is 2.38. The number of para-hydroxylation sites is 1. The third kappa shape index (κ3) is 4.48. The first-order valence-corrected chi connectivity index (χ1v) is 10.4. The van der Waals surface area contributed by atoms with Crippen molar-refractivity contribution in [3.05, 3.63) is 59.7 Å². The van der Waals surface area contributed by atoms with Gasteiger partial charge in [-0.2, -0.15) is 5.26 Å². The molecule has 0 spiro atoms. The maximum absolute atomic E-state index is 12.7. The number of sulfonamides is 1. The van der Waals surface area contributed by atoms with Crippen molar-refractivity contribution in [1.29, 1.82) is 5.26 Å². The van der Waals surface area contributed by atoms with Gasteiger partial charge in [-0.15, -0.1) is 0 Å². The molecule has 1 fully saturated rings. The molecule has 0 radical (unpaired) electrons. The Hall–Kier alpha value is -2.40. The zero-order chi connectivity index (χ0) is 19.3. The molecular formula is C20H23N3O3S. The van der Waals surface area contributed by atoms with Gasteiger partial charge in [-0.05, 0) is 50.2 Å². The Morgan fingerprint density at radius 1 is 1.19 bits per heavy atom. The van der Waals surface area contributed by atoms with E-state index < -0.39 is 10.0 Å². The van der Waals surface area contributed by atoms with Crippen molar-refractivity contribution in [3.8, 4) is 11.8 Å². The molecule has 3 rings (SSSR count). The van der Waals surface area contributed by atoms with Crippen LogP contribution in [0.25, 0.3) is 0 Å². The minimum Gasteiger partial charge on any atom is -0.496 e. The predicted octanol–water partition coefficient (Wildman–Crippen LogP) is 2.68. The van der Waals surface area contributed by atoms with Crippen molar-refractivity contribution in [2.75, 3.05) is 26.7 Å². The molecule has 1 saturated heterocycles. The highest BCUT2D eigenvalue weighted by atomic mass is 32.2. The first-order chi connectivity index (χ1) is 13.0. The fourth-order valence-electron chi connectivity index (χ4n) is 3.44. The first-order valence-electron chi connectivity index (χ1n) is 8.92. The second-order valence-electron chi connectivity index (χ2n) is 6.49. The van der Waals surface area contributed by atoms with Crippen LogP contribution in [0, 0.1) is 11.3 Å². The molecule has 0 saturated carbocycles. The van der Waals surface area contributed by atoms with Gasteiger partial charge in [-0.25, -0.2) is 13.1 Å². The van der Waals surface area contributed by atoms with Crippen LogP contribution in [0.4, 0.5) is 0 Å². The molecule has 1 aliphatic heterocycles. The van der Waals surface area contributed by atoms with Crippen molar-refractivity contribution >= 4 is 10.0 Å². The maximum Gasteiger partial charge on any atom is 0.240 e. The normalized spacial score (nSPS) is 16.0. The molecule has 1 aliphatic rings. The molecule has 2 aromatic carbocycles. The molecule has 142 valence electrons. The van der Waals surface area contributed by atoms with E-state index in [1.807, 2.05) is 30.3 Å². The summed E-state index contributed by atoms with van der Waals surface area (Å²) in [5.74, 6) is 0.750. The Balaban J connectivity index is 1.85. The van der Waals surface area contributed by atoms with Crippen LogP contribution in [0.2, 0.25) is 0 Å². The summed E-state index contributed by atoms with van der Waals surface area (Å²) < 4.78 is 33.7. The predicted molar refractivity (Wildman–Crippen MR) is 103 cm³/mol. The standard InChI is InChI=1S/C20H23N3O3S/c1-26-20-10-3-2-9-18(20)19(23-11-4-5-12-23)15-22-27(24,25)17-8-6-7-16(13-17)14-21/h2-3,6-10,13,19,22H,4-5,11-12,15H2,1H3. The van der Waals surface area contributed by atoms with Crippen molar-refractivity contribution in [2.45, 2.75) is 23.8 Å². The van der Waals surface area contributed by atoms with Crippen LogP contribution in [-0.4, -0.2) is 40.1 Å². The number of nitrogens with zero attached hydrogens (tertiary/aromatic N) is 2. The van der Waals surface area contributed by atoms with Gasteiger partial charge in [0.25, 0.3) is 0 Å². The molecule has 2 aromatic rings. The van der Waals surface area contributed by atoms with Gasteiger partial charge in [-0.1, -0.05) is 24.3 Å². The van der Waals surface area contributed by atoms with Gasteiger partial charge in [0.2, 0.25) is 10.0 Å². The number of ether oxygens (including phenoxy) is 1. The van der Waals surface area contributed by atoms with E-state index in [0.29, 0.717) is 5.56 Å². The third-order valence-electron chi connectivity index (χ3n) is 4.82. The molecule has 1 unspecified atom stereocenters. The van der Waals surface area contributed by atoms with Crippen molar-refractivity contribution in [2.24, 2.45) is 0 Å². The monoisotopic (exact) mass is 385 g/mol. The van der Waals surface area contributed by atoms with Crippen LogP contribution in [0.5, 0.6) is 5.75 Å². The molecule has 0 aliphatic carbocycles. The Morgan fingerprint density at radius 2 is 1.93 bits per heavy atom. The van der Waals surface area contributed by atoms with E-state index in [4.69, 9.17) is 10.00 Å². The zero-order valence-electron chi connectivity index (χ0n) is 15.3. The maximum atomic E-state index is 12.7. The zero-order valence-corrected chi connectivity index (χ0v) is 16.1. The van der Waals surface area contributed by atoms with Crippen molar-refractivity contribution in [3.63, 3.8) is 0 Å². The third-order valence-corrected chi connectivity index (χ3v) is 6.24. The Labute approximate surface area is 160 Å². The minimum atomic E-state index is -3.71. The lowest BCUT2D eigenvalue weighted by atomic mass is 10.0. The number of hydrogen-bond donors (Lipinski definition) is 1. The summed E-state index contributed by atoms with van der Waals surface area (Å²) in [7, 11) is -2.09. The molecule has 0 bridgehead atoms. The lowest BCUT2D eigenvalue weighted by Crippen LogP contribution is -2.37. The van der Waals surface area contributed by atoms with E-state index in [0.717, 1.165) is 37.2 Å². The largest absolute Gasteiger partial charge is 0.496 e. The van der Waals surface area contributed by atoms with Crippen molar-refractivity contribution in [1.82, 2.24) is 9.62 Å². The summed E-state index contributed by atoms with van der Waals surface area (Å²) in [6.45, 7) is 2.09. The Morgan fingerprint density at radius 3 is 2.63 bits per heavy atom. The van der Waals surface area contributed by atoms with Gasteiger partial charge < -0.3 is 4.74 Å². The summed E-state index contributed by atoms with van der Waals surface area (Å²) in [5.41, 5.74) is 1.29. The fraction of sp³-hybridized carbons (Fsp3) is 0.350.